The Bertz CT molecular complexity index is 597. The molecule has 0 saturated heterocycles. The highest BCUT2D eigenvalue weighted by Crippen LogP contribution is 2.32. The Morgan fingerprint density at radius 3 is 2.11 bits per heavy atom. The lowest BCUT2D eigenvalue weighted by molar-refractivity contribution is -0.135. The van der Waals surface area contributed by atoms with Gasteiger partial charge in [-0.1, -0.05) is 0 Å². The molecule has 1 rings (SSSR count). The van der Waals surface area contributed by atoms with Crippen molar-refractivity contribution in [3.05, 3.63) is 0 Å². The summed E-state index contributed by atoms with van der Waals surface area (Å²) in [5.74, 6) is -0.977. The first kappa shape index (κ1) is 23.9. The lowest BCUT2D eigenvalue weighted by Crippen LogP contribution is -2.62. The van der Waals surface area contributed by atoms with Gasteiger partial charge in [0.25, 0.3) is 0 Å². The summed E-state index contributed by atoms with van der Waals surface area (Å²) in [7, 11) is 3.96. The van der Waals surface area contributed by atoms with Crippen molar-refractivity contribution in [3.63, 3.8) is 0 Å². The van der Waals surface area contributed by atoms with E-state index in [1.165, 1.54) is 0 Å². The molecule has 0 aromatic heterocycles. The predicted molar refractivity (Wildman–Crippen MR) is 106 cm³/mol. The second-order valence-electron chi connectivity index (χ2n) is 8.89. The Hall–Kier alpha value is -2.16. The number of hydrogen-bond acceptors (Lipinski definition) is 5. The highest BCUT2D eigenvalue weighted by Gasteiger charge is 2.39. The smallest absolute Gasteiger partial charge is 0.246 e. The van der Waals surface area contributed by atoms with Crippen LogP contribution in [0.4, 0.5) is 0 Å². The van der Waals surface area contributed by atoms with Gasteiger partial charge in [-0.05, 0) is 61.1 Å². The summed E-state index contributed by atoms with van der Waals surface area (Å²) >= 11 is 0. The number of carbonyl (C=O) groups excluding carboxylic acids is 4. The Balaban J connectivity index is 2.47. The Morgan fingerprint density at radius 1 is 1.04 bits per heavy atom. The quantitative estimate of drug-likeness (QED) is 0.351. The summed E-state index contributed by atoms with van der Waals surface area (Å²) in [5, 5.41) is 10.8. The maximum Gasteiger partial charge on any atom is 0.246 e. The van der Waals surface area contributed by atoms with Gasteiger partial charge in [0.2, 0.25) is 24.1 Å². The zero-order valence-electron chi connectivity index (χ0n) is 17.9. The van der Waals surface area contributed by atoms with Crippen LogP contribution in [0.15, 0.2) is 0 Å². The van der Waals surface area contributed by atoms with Gasteiger partial charge < -0.3 is 26.2 Å². The summed E-state index contributed by atoms with van der Waals surface area (Å²) < 4.78 is 0. The maximum atomic E-state index is 12.4. The number of nitrogens with zero attached hydrogens (tertiary/aromatic N) is 1. The molecule has 160 valence electrons. The molecule has 0 bridgehead atoms. The third-order valence-corrected chi connectivity index (χ3v) is 4.95. The van der Waals surface area contributed by atoms with Crippen LogP contribution in [0, 0.1) is 0 Å². The van der Waals surface area contributed by atoms with E-state index >= 15 is 0 Å². The third kappa shape index (κ3) is 6.78. The predicted octanol–water partition coefficient (Wildman–Crippen LogP) is -0.487. The second kappa shape index (κ2) is 9.36. The van der Waals surface area contributed by atoms with E-state index in [-0.39, 0.29) is 24.4 Å². The van der Waals surface area contributed by atoms with Crippen LogP contribution in [0.25, 0.3) is 0 Å². The molecule has 1 aliphatic rings. The van der Waals surface area contributed by atoms with Crippen molar-refractivity contribution in [2.75, 3.05) is 27.2 Å². The Morgan fingerprint density at radius 2 is 1.64 bits per heavy atom. The first-order chi connectivity index (χ1) is 12.8. The molecule has 1 saturated carbocycles. The van der Waals surface area contributed by atoms with Gasteiger partial charge in [-0.25, -0.2) is 0 Å². The molecule has 28 heavy (non-hydrogen) atoms. The molecule has 4 N–H and O–H groups in total. The zero-order chi connectivity index (χ0) is 21.6. The topological polar surface area (TPSA) is 120 Å². The fourth-order valence-electron chi connectivity index (χ4n) is 3.11. The van der Waals surface area contributed by atoms with Crippen LogP contribution in [0.2, 0.25) is 0 Å². The van der Waals surface area contributed by atoms with Crippen LogP contribution in [-0.2, 0) is 19.2 Å². The van der Waals surface area contributed by atoms with Gasteiger partial charge >= 0.3 is 0 Å². The summed E-state index contributed by atoms with van der Waals surface area (Å²) in [6.45, 7) is 7.19. The van der Waals surface area contributed by atoms with E-state index in [0.29, 0.717) is 6.41 Å². The van der Waals surface area contributed by atoms with Crippen LogP contribution >= 0.6 is 0 Å². The van der Waals surface area contributed by atoms with E-state index in [1.54, 1.807) is 27.7 Å². The van der Waals surface area contributed by atoms with Crippen molar-refractivity contribution in [1.82, 2.24) is 26.2 Å². The van der Waals surface area contributed by atoms with Gasteiger partial charge in [0.05, 0.1) is 5.54 Å². The molecule has 1 fully saturated rings. The van der Waals surface area contributed by atoms with Crippen molar-refractivity contribution in [1.29, 1.82) is 0 Å². The molecule has 0 aromatic carbocycles. The number of likely N-dealkylation sites (N-methyl/N-ethyl adjacent to an activating group) is 1. The molecule has 4 amide bonds. The van der Waals surface area contributed by atoms with Gasteiger partial charge in [0.1, 0.15) is 11.1 Å². The second-order valence-corrected chi connectivity index (χ2v) is 8.89. The molecule has 0 aliphatic heterocycles. The minimum Gasteiger partial charge on any atom is -0.354 e. The van der Waals surface area contributed by atoms with Crippen molar-refractivity contribution in [2.24, 2.45) is 0 Å². The van der Waals surface area contributed by atoms with Crippen molar-refractivity contribution < 1.29 is 19.2 Å². The normalized spacial score (nSPS) is 16.0. The third-order valence-electron chi connectivity index (χ3n) is 4.95. The van der Waals surface area contributed by atoms with E-state index in [2.05, 4.69) is 26.2 Å². The molecule has 9 heteroatoms. The van der Waals surface area contributed by atoms with E-state index in [1.807, 2.05) is 14.1 Å². The number of nitrogens with one attached hydrogen (secondary N) is 4. The largest absolute Gasteiger partial charge is 0.354 e. The van der Waals surface area contributed by atoms with Gasteiger partial charge in [-0.3, -0.25) is 19.2 Å². The molecule has 1 aliphatic carbocycles. The number of hydrogen-bond donors (Lipinski definition) is 4. The van der Waals surface area contributed by atoms with Gasteiger partial charge in [0, 0.05) is 19.5 Å². The monoisotopic (exact) mass is 397 g/mol. The molecular weight excluding hydrogens is 362 g/mol. The van der Waals surface area contributed by atoms with Crippen molar-refractivity contribution >= 4 is 24.1 Å². The van der Waals surface area contributed by atoms with E-state index in [9.17, 15) is 19.2 Å². The van der Waals surface area contributed by atoms with Crippen LogP contribution in [-0.4, -0.2) is 72.8 Å². The van der Waals surface area contributed by atoms with E-state index in [0.717, 1.165) is 25.8 Å². The average Bonchev–Trinajstić information content (AvgIpc) is 2.51. The van der Waals surface area contributed by atoms with E-state index in [4.69, 9.17) is 0 Å². The summed E-state index contributed by atoms with van der Waals surface area (Å²) in [5.41, 5.74) is -2.48. The molecule has 0 unspecified atom stereocenters. The maximum absolute atomic E-state index is 12.4. The Kier molecular flexibility index (Phi) is 7.98. The highest BCUT2D eigenvalue weighted by atomic mass is 16.2. The van der Waals surface area contributed by atoms with Crippen LogP contribution < -0.4 is 21.3 Å². The van der Waals surface area contributed by atoms with Crippen LogP contribution in [0.5, 0.6) is 0 Å². The first-order valence-corrected chi connectivity index (χ1v) is 9.62. The zero-order valence-corrected chi connectivity index (χ0v) is 17.9. The number of carbonyl (C=O) groups is 4. The van der Waals surface area contributed by atoms with Crippen molar-refractivity contribution in [3.8, 4) is 0 Å². The SMILES string of the molecule is CN(C)CC1(NC(=O)CCNC(=O)C(C)(C)NC(=O)C(C)(C)NC=O)CCC1. The fourth-order valence-corrected chi connectivity index (χ4v) is 3.11. The minimum atomic E-state index is -1.19. The average molecular weight is 398 g/mol. The first-order valence-electron chi connectivity index (χ1n) is 9.62. The van der Waals surface area contributed by atoms with E-state index < -0.39 is 22.9 Å². The molecule has 0 spiro atoms. The summed E-state index contributed by atoms with van der Waals surface area (Å²) in [6, 6.07) is 0. The van der Waals surface area contributed by atoms with Gasteiger partial charge in [-0.15, -0.1) is 0 Å². The molecule has 0 aromatic rings. The lowest BCUT2D eigenvalue weighted by atomic mass is 9.76. The van der Waals surface area contributed by atoms with Crippen molar-refractivity contribution in [2.45, 2.75) is 70.0 Å². The van der Waals surface area contributed by atoms with Gasteiger partial charge in [-0.2, -0.15) is 0 Å². The number of amides is 4. The lowest BCUT2D eigenvalue weighted by Gasteiger charge is -2.44. The van der Waals surface area contributed by atoms with Crippen LogP contribution in [0.3, 0.4) is 0 Å². The minimum absolute atomic E-state index is 0.0972. The molecular formula is C19H35N5O4. The highest BCUT2D eigenvalue weighted by molar-refractivity contribution is 5.94. The standard InChI is InChI=1S/C19H35N5O4/c1-17(2,21-13-25)16(28)23-18(3,4)15(27)20-11-8-14(26)22-19(9-7-10-19)12-24(5)6/h13H,7-12H2,1-6H3,(H,20,27)(H,21,25)(H,22,26)(H,23,28). The Labute approximate surface area is 167 Å². The summed E-state index contributed by atoms with van der Waals surface area (Å²) in [4.78, 5) is 49.6. The summed E-state index contributed by atoms with van der Waals surface area (Å²) in [6.07, 6.45) is 3.65. The van der Waals surface area contributed by atoms with Crippen LogP contribution in [0.1, 0.15) is 53.4 Å². The number of rotatable bonds is 11. The molecule has 0 heterocycles. The van der Waals surface area contributed by atoms with Gasteiger partial charge in [0.15, 0.2) is 0 Å². The fraction of sp³-hybridized carbons (Fsp3) is 0.789. The molecule has 9 nitrogen and oxygen atoms in total. The molecule has 0 radical (unpaired) electrons. The molecule has 0 atom stereocenters.